The molecule has 2 unspecified atom stereocenters. The van der Waals surface area contributed by atoms with Gasteiger partial charge in [0.05, 0.1) is 0 Å². The molecule has 0 saturated heterocycles. The number of hydrogen-bond donors (Lipinski definition) is 1. The third kappa shape index (κ3) is 2.14. The second kappa shape index (κ2) is 3.77. The second-order valence-corrected chi connectivity index (χ2v) is 3.07. The SMILES string of the molecule is CC/C=C\C1CC1CCN. The minimum absolute atomic E-state index is 0.862. The van der Waals surface area contributed by atoms with E-state index in [0.29, 0.717) is 0 Å². The van der Waals surface area contributed by atoms with E-state index in [1.807, 2.05) is 0 Å². The van der Waals surface area contributed by atoms with Crippen molar-refractivity contribution in [1.82, 2.24) is 0 Å². The van der Waals surface area contributed by atoms with Crippen molar-refractivity contribution in [2.24, 2.45) is 17.6 Å². The van der Waals surface area contributed by atoms with E-state index in [9.17, 15) is 0 Å². The maximum absolute atomic E-state index is 5.44. The van der Waals surface area contributed by atoms with Gasteiger partial charge in [-0.05, 0) is 37.6 Å². The number of hydrogen-bond acceptors (Lipinski definition) is 1. The predicted octanol–water partition coefficient (Wildman–Crippen LogP) is 1.94. The highest BCUT2D eigenvalue weighted by Gasteiger charge is 2.33. The van der Waals surface area contributed by atoms with Gasteiger partial charge in [-0.2, -0.15) is 0 Å². The molecule has 2 N–H and O–H groups in total. The summed E-state index contributed by atoms with van der Waals surface area (Å²) in [6.45, 7) is 3.04. The first kappa shape index (κ1) is 7.80. The standard InChI is InChI=1S/C9H17N/c1-2-3-4-8-7-9(8)5-6-10/h3-4,8-9H,2,5-7,10H2,1H3/b4-3-. The summed E-state index contributed by atoms with van der Waals surface area (Å²) in [6, 6.07) is 0. The Kier molecular flexibility index (Phi) is 2.94. The highest BCUT2D eigenvalue weighted by molar-refractivity contribution is 5.01. The Morgan fingerprint density at radius 2 is 2.40 bits per heavy atom. The number of nitrogens with two attached hydrogens (primary N) is 1. The Morgan fingerprint density at radius 3 is 3.00 bits per heavy atom. The Hall–Kier alpha value is -0.300. The first-order chi connectivity index (χ1) is 4.88. The van der Waals surface area contributed by atoms with Gasteiger partial charge in [-0.15, -0.1) is 0 Å². The lowest BCUT2D eigenvalue weighted by Crippen LogP contribution is -1.99. The summed E-state index contributed by atoms with van der Waals surface area (Å²) < 4.78 is 0. The molecule has 0 amide bonds. The van der Waals surface area contributed by atoms with Gasteiger partial charge >= 0.3 is 0 Å². The minimum Gasteiger partial charge on any atom is -0.330 e. The van der Waals surface area contributed by atoms with Gasteiger partial charge in [-0.1, -0.05) is 19.1 Å². The molecule has 1 saturated carbocycles. The van der Waals surface area contributed by atoms with Crippen LogP contribution in [-0.2, 0) is 0 Å². The van der Waals surface area contributed by atoms with Crippen LogP contribution in [0.3, 0.4) is 0 Å². The molecule has 0 heterocycles. The molecule has 1 fully saturated rings. The first-order valence-corrected chi connectivity index (χ1v) is 4.25. The fraction of sp³-hybridized carbons (Fsp3) is 0.778. The lowest BCUT2D eigenvalue weighted by Gasteiger charge is -1.89. The molecule has 1 aliphatic carbocycles. The topological polar surface area (TPSA) is 26.0 Å². The lowest BCUT2D eigenvalue weighted by atomic mass is 10.2. The third-order valence-electron chi connectivity index (χ3n) is 2.13. The minimum atomic E-state index is 0.862. The van der Waals surface area contributed by atoms with Gasteiger partial charge in [0, 0.05) is 0 Å². The number of allylic oxidation sites excluding steroid dienone is 2. The van der Waals surface area contributed by atoms with Crippen molar-refractivity contribution in [1.29, 1.82) is 0 Å². The molecule has 0 bridgehead atoms. The Morgan fingerprint density at radius 1 is 1.60 bits per heavy atom. The van der Waals surface area contributed by atoms with Crippen molar-refractivity contribution in [3.05, 3.63) is 12.2 Å². The summed E-state index contributed by atoms with van der Waals surface area (Å²) in [7, 11) is 0. The fourth-order valence-corrected chi connectivity index (χ4v) is 1.36. The van der Waals surface area contributed by atoms with Crippen LogP contribution >= 0.6 is 0 Å². The number of rotatable bonds is 4. The summed E-state index contributed by atoms with van der Waals surface area (Å²) in [5, 5.41) is 0. The van der Waals surface area contributed by atoms with E-state index < -0.39 is 0 Å². The van der Waals surface area contributed by atoms with E-state index in [1.54, 1.807) is 0 Å². The molecule has 0 aromatic rings. The molecule has 1 heteroatoms. The van der Waals surface area contributed by atoms with E-state index in [-0.39, 0.29) is 0 Å². The summed E-state index contributed by atoms with van der Waals surface area (Å²) in [4.78, 5) is 0. The van der Waals surface area contributed by atoms with Crippen LogP contribution in [0.4, 0.5) is 0 Å². The highest BCUT2D eigenvalue weighted by atomic mass is 14.5. The smallest absolute Gasteiger partial charge is 0.00744 e. The van der Waals surface area contributed by atoms with Gasteiger partial charge in [0.25, 0.3) is 0 Å². The average Bonchev–Trinajstić information content (AvgIpc) is 2.65. The maximum atomic E-state index is 5.44. The van der Waals surface area contributed by atoms with Crippen LogP contribution in [0.25, 0.3) is 0 Å². The Labute approximate surface area is 63.3 Å². The molecule has 0 aromatic carbocycles. The summed E-state index contributed by atoms with van der Waals surface area (Å²) in [5.41, 5.74) is 5.44. The first-order valence-electron chi connectivity index (χ1n) is 4.25. The molecule has 1 nitrogen and oxygen atoms in total. The van der Waals surface area contributed by atoms with Crippen molar-refractivity contribution in [3.8, 4) is 0 Å². The third-order valence-corrected chi connectivity index (χ3v) is 2.13. The van der Waals surface area contributed by atoms with Crippen LogP contribution in [0.2, 0.25) is 0 Å². The van der Waals surface area contributed by atoms with Gasteiger partial charge in [0.15, 0.2) is 0 Å². The molecule has 58 valence electrons. The molecular weight excluding hydrogens is 122 g/mol. The van der Waals surface area contributed by atoms with Gasteiger partial charge < -0.3 is 5.73 Å². The summed E-state index contributed by atoms with van der Waals surface area (Å²) in [5.74, 6) is 1.80. The summed E-state index contributed by atoms with van der Waals surface area (Å²) >= 11 is 0. The quantitative estimate of drug-likeness (QED) is 0.592. The van der Waals surface area contributed by atoms with Gasteiger partial charge in [-0.25, -0.2) is 0 Å². The van der Waals surface area contributed by atoms with Crippen LogP contribution < -0.4 is 5.73 Å². The summed E-state index contributed by atoms with van der Waals surface area (Å²) in [6.07, 6.45) is 8.39. The van der Waals surface area contributed by atoms with E-state index in [0.717, 1.165) is 18.4 Å². The van der Waals surface area contributed by atoms with Crippen LogP contribution in [0.15, 0.2) is 12.2 Å². The van der Waals surface area contributed by atoms with E-state index in [1.165, 1.54) is 19.3 Å². The monoisotopic (exact) mass is 139 g/mol. The molecule has 1 aliphatic rings. The van der Waals surface area contributed by atoms with Gasteiger partial charge in [0.1, 0.15) is 0 Å². The average molecular weight is 139 g/mol. The van der Waals surface area contributed by atoms with Crippen LogP contribution in [0.5, 0.6) is 0 Å². The highest BCUT2D eigenvalue weighted by Crippen LogP contribution is 2.41. The van der Waals surface area contributed by atoms with Crippen LogP contribution in [0, 0.1) is 11.8 Å². The lowest BCUT2D eigenvalue weighted by molar-refractivity contribution is 0.706. The zero-order valence-electron chi connectivity index (χ0n) is 6.72. The van der Waals surface area contributed by atoms with Crippen molar-refractivity contribution in [2.45, 2.75) is 26.2 Å². The van der Waals surface area contributed by atoms with E-state index in [4.69, 9.17) is 5.73 Å². The molecule has 0 radical (unpaired) electrons. The van der Waals surface area contributed by atoms with Crippen molar-refractivity contribution in [2.75, 3.05) is 6.54 Å². The zero-order valence-corrected chi connectivity index (χ0v) is 6.72. The molecular formula is C9H17N. The Bertz CT molecular complexity index is 118. The molecule has 1 rings (SSSR count). The van der Waals surface area contributed by atoms with E-state index >= 15 is 0 Å². The molecule has 0 aromatic heterocycles. The van der Waals surface area contributed by atoms with Crippen molar-refractivity contribution < 1.29 is 0 Å². The van der Waals surface area contributed by atoms with E-state index in [2.05, 4.69) is 19.1 Å². The van der Waals surface area contributed by atoms with Crippen molar-refractivity contribution in [3.63, 3.8) is 0 Å². The molecule has 10 heavy (non-hydrogen) atoms. The van der Waals surface area contributed by atoms with Gasteiger partial charge in [0.2, 0.25) is 0 Å². The predicted molar refractivity (Wildman–Crippen MR) is 44.7 cm³/mol. The van der Waals surface area contributed by atoms with Crippen molar-refractivity contribution >= 4 is 0 Å². The zero-order chi connectivity index (χ0) is 7.40. The molecule has 2 atom stereocenters. The normalized spacial score (nSPS) is 31.4. The molecule has 0 spiro atoms. The van der Waals surface area contributed by atoms with Crippen LogP contribution in [-0.4, -0.2) is 6.54 Å². The largest absolute Gasteiger partial charge is 0.330 e. The second-order valence-electron chi connectivity index (χ2n) is 3.07. The molecule has 0 aliphatic heterocycles. The van der Waals surface area contributed by atoms with Gasteiger partial charge in [-0.3, -0.25) is 0 Å². The maximum Gasteiger partial charge on any atom is -0.00744 e. The fourth-order valence-electron chi connectivity index (χ4n) is 1.36. The van der Waals surface area contributed by atoms with Crippen LogP contribution in [0.1, 0.15) is 26.2 Å². The Balaban J connectivity index is 2.07.